The van der Waals surface area contributed by atoms with Crippen molar-refractivity contribution in [3.8, 4) is 11.5 Å². The Kier molecular flexibility index (Phi) is 5.42. The Morgan fingerprint density at radius 2 is 1.04 bits per heavy atom. The summed E-state index contributed by atoms with van der Waals surface area (Å²) in [6.45, 7) is 4.71. The fourth-order valence-electron chi connectivity index (χ4n) is 3.10. The fraction of sp³-hybridized carbons (Fsp3) is 0.400. The minimum Gasteiger partial charge on any atom is -0.491 e. The van der Waals surface area contributed by atoms with Crippen molar-refractivity contribution < 1.29 is 18.9 Å². The lowest BCUT2D eigenvalue weighted by Gasteiger charge is -2.21. The molecule has 0 amide bonds. The van der Waals surface area contributed by atoms with E-state index in [2.05, 4.69) is 34.9 Å². The van der Waals surface area contributed by atoms with Gasteiger partial charge in [0.1, 0.15) is 24.7 Å². The second-order valence-corrected chi connectivity index (χ2v) is 6.27. The van der Waals surface area contributed by atoms with Gasteiger partial charge in [0.2, 0.25) is 0 Å². The monoisotopic (exact) mass is 356 g/mol. The van der Waals surface area contributed by atoms with E-state index in [0.29, 0.717) is 39.6 Å². The first-order chi connectivity index (χ1) is 12.9. The average molecular weight is 356 g/mol. The summed E-state index contributed by atoms with van der Waals surface area (Å²) in [4.78, 5) is 0. The highest BCUT2D eigenvalue weighted by Crippen LogP contribution is 2.30. The van der Waals surface area contributed by atoms with Crippen LogP contribution < -0.4 is 20.1 Å². The van der Waals surface area contributed by atoms with Gasteiger partial charge < -0.3 is 29.6 Å². The van der Waals surface area contributed by atoms with Gasteiger partial charge >= 0.3 is 0 Å². The maximum absolute atomic E-state index is 5.81. The number of benzene rings is 2. The Morgan fingerprint density at radius 1 is 0.577 bits per heavy atom. The average Bonchev–Trinajstić information content (AvgIpc) is 2.65. The van der Waals surface area contributed by atoms with E-state index in [-0.39, 0.29) is 0 Å². The molecule has 5 heterocycles. The zero-order valence-electron chi connectivity index (χ0n) is 14.8. The number of rotatable bonds is 0. The van der Waals surface area contributed by atoms with E-state index in [9.17, 15) is 0 Å². The molecule has 0 atom stereocenters. The van der Waals surface area contributed by atoms with E-state index in [1.807, 2.05) is 12.1 Å². The highest BCUT2D eigenvalue weighted by atomic mass is 16.6. The first kappa shape index (κ1) is 17.0. The van der Waals surface area contributed by atoms with Crippen LogP contribution in [0.5, 0.6) is 11.5 Å². The number of hydrogen-bond acceptors (Lipinski definition) is 6. The third kappa shape index (κ3) is 4.20. The maximum Gasteiger partial charge on any atom is 0.119 e. The number of anilines is 2. The van der Waals surface area contributed by atoms with E-state index in [0.717, 1.165) is 36.0 Å². The fourth-order valence-corrected chi connectivity index (χ4v) is 3.10. The van der Waals surface area contributed by atoms with Gasteiger partial charge in [0.15, 0.2) is 0 Å². The maximum atomic E-state index is 5.81. The lowest BCUT2D eigenvalue weighted by Crippen LogP contribution is -2.13. The molecule has 2 aromatic rings. The van der Waals surface area contributed by atoms with E-state index in [1.54, 1.807) is 0 Å². The molecular weight excluding hydrogens is 332 g/mol. The molecule has 0 aliphatic carbocycles. The number of hydrogen-bond donors (Lipinski definition) is 2. The molecule has 0 saturated carbocycles. The smallest absolute Gasteiger partial charge is 0.119 e. The lowest BCUT2D eigenvalue weighted by molar-refractivity contribution is 0.0273. The third-order valence-corrected chi connectivity index (χ3v) is 4.46. The van der Waals surface area contributed by atoms with Gasteiger partial charge in [-0.05, 0) is 47.5 Å². The quantitative estimate of drug-likeness (QED) is 0.757. The molecule has 2 aromatic carbocycles. The summed E-state index contributed by atoms with van der Waals surface area (Å²) in [5.74, 6) is 1.71. The molecule has 26 heavy (non-hydrogen) atoms. The molecule has 0 fully saturated rings. The zero-order chi connectivity index (χ0) is 17.6. The molecule has 5 aliphatic rings. The van der Waals surface area contributed by atoms with Gasteiger partial charge in [0, 0.05) is 24.5 Å². The third-order valence-electron chi connectivity index (χ3n) is 4.46. The SMILES string of the molecule is c1cc2c3cc1OCCOCCOCCOc1ccc(c(c1)CN2)NC3. The van der Waals surface area contributed by atoms with Crippen LogP contribution in [0.15, 0.2) is 36.4 Å². The molecule has 0 unspecified atom stereocenters. The number of fused-ring (bicyclic) bond motifs is 2. The van der Waals surface area contributed by atoms with Gasteiger partial charge in [-0.25, -0.2) is 0 Å². The summed E-state index contributed by atoms with van der Waals surface area (Å²) in [6.07, 6.45) is 0. The van der Waals surface area contributed by atoms with E-state index in [4.69, 9.17) is 18.9 Å². The Bertz CT molecular complexity index is 687. The molecule has 138 valence electrons. The number of ether oxygens (including phenoxy) is 4. The Balaban J connectivity index is 1.57. The van der Waals surface area contributed by atoms with Gasteiger partial charge in [0.25, 0.3) is 0 Å². The van der Waals surface area contributed by atoms with Crippen molar-refractivity contribution in [2.24, 2.45) is 0 Å². The van der Waals surface area contributed by atoms with Crippen LogP contribution in [0, 0.1) is 0 Å². The van der Waals surface area contributed by atoms with E-state index >= 15 is 0 Å². The molecule has 0 aromatic heterocycles. The van der Waals surface area contributed by atoms with Gasteiger partial charge in [0.05, 0.1) is 26.4 Å². The van der Waals surface area contributed by atoms with Crippen LogP contribution in [0.25, 0.3) is 0 Å². The Morgan fingerprint density at radius 3 is 1.54 bits per heavy atom. The predicted molar refractivity (Wildman–Crippen MR) is 100 cm³/mol. The van der Waals surface area contributed by atoms with Crippen molar-refractivity contribution in [1.29, 1.82) is 0 Å². The van der Waals surface area contributed by atoms with E-state index < -0.39 is 0 Å². The standard InChI is InChI=1S/C20H24N2O4/c1-3-19-15-11-17(1)25-9-7-23-5-6-24-8-10-26-18-2-4-20(22-13-15)16(12-18)14-21-19/h1-4,11-12,21-22H,5-10,13-14H2. The van der Waals surface area contributed by atoms with Gasteiger partial charge in [-0.15, -0.1) is 0 Å². The summed E-state index contributed by atoms with van der Waals surface area (Å²) in [5, 5.41) is 7.04. The first-order valence-electron chi connectivity index (χ1n) is 9.03. The van der Waals surface area contributed by atoms with Gasteiger partial charge in [-0.2, -0.15) is 0 Å². The highest BCUT2D eigenvalue weighted by Gasteiger charge is 2.12. The molecular formula is C20H24N2O4. The van der Waals surface area contributed by atoms with Crippen molar-refractivity contribution in [1.82, 2.24) is 0 Å². The van der Waals surface area contributed by atoms with Crippen LogP contribution in [0.1, 0.15) is 11.1 Å². The number of nitrogens with one attached hydrogen (secondary N) is 2. The highest BCUT2D eigenvalue weighted by molar-refractivity contribution is 5.62. The molecule has 6 nitrogen and oxygen atoms in total. The molecule has 0 radical (unpaired) electrons. The summed E-state index contributed by atoms with van der Waals surface area (Å²) < 4.78 is 22.7. The van der Waals surface area contributed by atoms with Crippen LogP contribution in [-0.4, -0.2) is 39.6 Å². The van der Waals surface area contributed by atoms with Crippen molar-refractivity contribution in [3.63, 3.8) is 0 Å². The molecule has 6 bridgehead atoms. The van der Waals surface area contributed by atoms with Gasteiger partial charge in [-0.3, -0.25) is 0 Å². The Labute approximate surface area is 153 Å². The summed E-state index contributed by atoms with van der Waals surface area (Å²) >= 11 is 0. The van der Waals surface area contributed by atoms with Crippen LogP contribution in [0.3, 0.4) is 0 Å². The van der Waals surface area contributed by atoms with E-state index in [1.165, 1.54) is 11.1 Å². The summed E-state index contributed by atoms with van der Waals surface area (Å²) in [5.41, 5.74) is 4.59. The van der Waals surface area contributed by atoms with Crippen molar-refractivity contribution in [2.45, 2.75) is 13.1 Å². The minimum atomic E-state index is 0.522. The molecule has 0 saturated heterocycles. The molecule has 7 rings (SSSR count). The topological polar surface area (TPSA) is 61.0 Å². The normalized spacial score (nSPS) is 17.7. The summed E-state index contributed by atoms with van der Waals surface area (Å²) in [6, 6.07) is 12.3. The first-order valence-corrected chi connectivity index (χ1v) is 9.03. The van der Waals surface area contributed by atoms with Crippen molar-refractivity contribution in [3.05, 3.63) is 47.5 Å². The van der Waals surface area contributed by atoms with Gasteiger partial charge in [-0.1, -0.05) is 0 Å². The molecule has 6 heteroatoms. The predicted octanol–water partition coefficient (Wildman–Crippen LogP) is 3.03. The van der Waals surface area contributed by atoms with Crippen molar-refractivity contribution >= 4 is 11.4 Å². The molecule has 5 aliphatic heterocycles. The molecule has 2 N–H and O–H groups in total. The zero-order valence-corrected chi connectivity index (χ0v) is 14.8. The van der Waals surface area contributed by atoms with Crippen LogP contribution in [0.2, 0.25) is 0 Å². The second kappa shape index (κ2) is 8.29. The molecule has 0 spiro atoms. The largest absolute Gasteiger partial charge is 0.491 e. The summed E-state index contributed by atoms with van der Waals surface area (Å²) in [7, 11) is 0. The lowest BCUT2D eigenvalue weighted by atomic mass is 10.1. The second-order valence-electron chi connectivity index (χ2n) is 6.27. The van der Waals surface area contributed by atoms with Crippen molar-refractivity contribution in [2.75, 3.05) is 50.3 Å². The van der Waals surface area contributed by atoms with Crippen LogP contribution in [0.4, 0.5) is 11.4 Å². The Hall–Kier alpha value is -2.44. The van der Waals surface area contributed by atoms with Crippen LogP contribution >= 0.6 is 0 Å². The minimum absolute atomic E-state index is 0.522. The van der Waals surface area contributed by atoms with Crippen LogP contribution in [-0.2, 0) is 22.6 Å².